The number of primary amides is 1. The topological polar surface area (TPSA) is 84.2 Å². The molecule has 0 aliphatic heterocycles. The van der Waals surface area contributed by atoms with Gasteiger partial charge in [0.1, 0.15) is 0 Å². The number of anilines is 2. The second-order valence-electron chi connectivity index (χ2n) is 5.97. The van der Waals surface area contributed by atoms with Crippen LogP contribution >= 0.6 is 11.6 Å². The molecule has 4 N–H and O–H groups in total. The van der Waals surface area contributed by atoms with Gasteiger partial charge in [-0.05, 0) is 48.7 Å². The normalized spacial score (nSPS) is 15.2. The average Bonchev–Trinajstić information content (AvgIpc) is 2.47. The van der Waals surface area contributed by atoms with Crippen molar-refractivity contribution in [3.8, 4) is 0 Å². The molecule has 6 heteroatoms. The number of nitrogens with two attached hydrogens (primary N) is 1. The number of carbonyl (C=O) groups is 2. The molecule has 0 spiro atoms. The number of benzene rings is 2. The highest BCUT2D eigenvalue weighted by atomic mass is 35.5. The maximum absolute atomic E-state index is 12.9. The number of rotatable bonds is 4. The van der Waals surface area contributed by atoms with E-state index in [2.05, 4.69) is 10.6 Å². The van der Waals surface area contributed by atoms with Crippen molar-refractivity contribution < 1.29 is 9.59 Å². The first-order valence-electron chi connectivity index (χ1n) is 7.74. The lowest BCUT2D eigenvalue weighted by Gasteiger charge is -2.40. The van der Waals surface area contributed by atoms with E-state index < -0.39 is 11.4 Å². The van der Waals surface area contributed by atoms with E-state index in [-0.39, 0.29) is 5.91 Å². The van der Waals surface area contributed by atoms with Gasteiger partial charge in [0.05, 0.1) is 5.41 Å². The predicted molar refractivity (Wildman–Crippen MR) is 95.3 cm³/mol. The Bertz CT molecular complexity index is 770. The summed E-state index contributed by atoms with van der Waals surface area (Å²) in [5.41, 5.74) is 6.73. The molecule has 0 saturated heterocycles. The summed E-state index contributed by atoms with van der Waals surface area (Å²) < 4.78 is 0. The summed E-state index contributed by atoms with van der Waals surface area (Å²) in [5.74, 6) is -0.0488. The van der Waals surface area contributed by atoms with Crippen LogP contribution in [0.4, 0.5) is 16.2 Å². The zero-order valence-corrected chi connectivity index (χ0v) is 13.8. The van der Waals surface area contributed by atoms with E-state index in [1.807, 2.05) is 24.3 Å². The third-order valence-electron chi connectivity index (χ3n) is 4.43. The van der Waals surface area contributed by atoms with Crippen LogP contribution < -0.4 is 16.4 Å². The quantitative estimate of drug-likeness (QED) is 0.786. The summed E-state index contributed by atoms with van der Waals surface area (Å²) in [6, 6.07) is 13.7. The Morgan fingerprint density at radius 3 is 2.17 bits per heavy atom. The van der Waals surface area contributed by atoms with Gasteiger partial charge in [-0.2, -0.15) is 0 Å². The van der Waals surface area contributed by atoms with Crippen LogP contribution in [0.1, 0.15) is 24.8 Å². The van der Waals surface area contributed by atoms with Gasteiger partial charge in [-0.1, -0.05) is 36.2 Å². The van der Waals surface area contributed by atoms with Gasteiger partial charge in [0, 0.05) is 16.4 Å². The molecule has 24 heavy (non-hydrogen) atoms. The van der Waals surface area contributed by atoms with Gasteiger partial charge in [0.2, 0.25) is 5.91 Å². The minimum atomic E-state index is -0.643. The molecule has 1 saturated carbocycles. The molecule has 0 radical (unpaired) electrons. The molecule has 3 amide bonds. The fraction of sp³-hybridized carbons (Fsp3) is 0.222. The van der Waals surface area contributed by atoms with Crippen molar-refractivity contribution in [2.45, 2.75) is 24.7 Å². The van der Waals surface area contributed by atoms with E-state index in [1.54, 1.807) is 24.3 Å². The number of hydrogen-bond acceptors (Lipinski definition) is 2. The molecular formula is C18H18ClN3O2. The first-order chi connectivity index (χ1) is 11.5. The number of carbonyl (C=O) groups excluding carboxylic acids is 2. The largest absolute Gasteiger partial charge is 0.351 e. The highest BCUT2D eigenvalue weighted by Gasteiger charge is 2.45. The van der Waals surface area contributed by atoms with E-state index in [1.165, 1.54) is 0 Å². The molecule has 2 aromatic rings. The predicted octanol–water partition coefficient (Wildman–Crippen LogP) is 3.89. The Morgan fingerprint density at radius 2 is 1.62 bits per heavy atom. The lowest BCUT2D eigenvalue weighted by molar-refractivity contribution is -0.124. The van der Waals surface area contributed by atoms with Gasteiger partial charge in [-0.3, -0.25) is 4.79 Å². The van der Waals surface area contributed by atoms with Crippen LogP contribution in [0.25, 0.3) is 0 Å². The highest BCUT2D eigenvalue weighted by molar-refractivity contribution is 6.30. The molecule has 0 heterocycles. The SMILES string of the molecule is NC(=O)Nc1cccc(NC(=O)C2(c3ccc(Cl)cc3)CCC2)c1. The summed E-state index contributed by atoms with van der Waals surface area (Å²) >= 11 is 5.95. The van der Waals surface area contributed by atoms with E-state index in [4.69, 9.17) is 17.3 Å². The van der Waals surface area contributed by atoms with Crippen LogP contribution in [0, 0.1) is 0 Å². The summed E-state index contributed by atoms with van der Waals surface area (Å²) in [7, 11) is 0. The third-order valence-corrected chi connectivity index (χ3v) is 4.68. The molecule has 5 nitrogen and oxygen atoms in total. The lowest BCUT2D eigenvalue weighted by atomic mass is 9.64. The molecule has 0 atom stereocenters. The van der Waals surface area contributed by atoms with Crippen molar-refractivity contribution >= 4 is 34.9 Å². The molecule has 3 rings (SSSR count). The maximum atomic E-state index is 12.9. The Kier molecular flexibility index (Phi) is 4.44. The molecule has 1 aliphatic rings. The summed E-state index contributed by atoms with van der Waals surface area (Å²) in [5, 5.41) is 6.10. The van der Waals surface area contributed by atoms with Crippen molar-refractivity contribution in [1.82, 2.24) is 0 Å². The molecule has 0 unspecified atom stereocenters. The molecule has 0 bridgehead atoms. The van der Waals surface area contributed by atoms with E-state index in [9.17, 15) is 9.59 Å². The van der Waals surface area contributed by atoms with Gasteiger partial charge in [0.25, 0.3) is 0 Å². The van der Waals surface area contributed by atoms with Gasteiger partial charge >= 0.3 is 6.03 Å². The summed E-state index contributed by atoms with van der Waals surface area (Å²) in [6.07, 6.45) is 2.62. The fourth-order valence-corrected chi connectivity index (χ4v) is 3.14. The second-order valence-corrected chi connectivity index (χ2v) is 6.40. The number of halogens is 1. The zero-order chi connectivity index (χ0) is 17.2. The number of nitrogens with one attached hydrogen (secondary N) is 2. The molecule has 1 aliphatic carbocycles. The van der Waals surface area contributed by atoms with Crippen LogP contribution in [0.15, 0.2) is 48.5 Å². The first kappa shape index (κ1) is 16.3. The second kappa shape index (κ2) is 6.53. The van der Waals surface area contributed by atoms with Gasteiger partial charge in [0.15, 0.2) is 0 Å². The standard InChI is InChI=1S/C18H18ClN3O2/c19-13-7-5-12(6-8-13)18(9-2-10-18)16(23)21-14-3-1-4-15(11-14)22-17(20)24/h1,3-8,11H,2,9-10H2,(H,21,23)(H3,20,22,24). The van der Waals surface area contributed by atoms with E-state index in [0.29, 0.717) is 16.4 Å². The fourth-order valence-electron chi connectivity index (χ4n) is 3.01. The Labute approximate surface area is 145 Å². The van der Waals surface area contributed by atoms with Gasteiger partial charge in [-0.25, -0.2) is 4.79 Å². The molecule has 2 aromatic carbocycles. The van der Waals surface area contributed by atoms with Crippen LogP contribution in [0.3, 0.4) is 0 Å². The summed E-state index contributed by atoms with van der Waals surface area (Å²) in [6.45, 7) is 0. The Morgan fingerprint density at radius 1 is 1.00 bits per heavy atom. The molecular weight excluding hydrogens is 326 g/mol. The van der Waals surface area contributed by atoms with Crippen LogP contribution in [0.5, 0.6) is 0 Å². The first-order valence-corrected chi connectivity index (χ1v) is 8.11. The summed E-state index contributed by atoms with van der Waals surface area (Å²) in [4.78, 5) is 23.8. The zero-order valence-electron chi connectivity index (χ0n) is 13.0. The van der Waals surface area contributed by atoms with Crippen LogP contribution in [0.2, 0.25) is 5.02 Å². The molecule has 0 aromatic heterocycles. The van der Waals surface area contributed by atoms with Crippen molar-refractivity contribution in [1.29, 1.82) is 0 Å². The van der Waals surface area contributed by atoms with Gasteiger partial charge in [-0.15, -0.1) is 0 Å². The van der Waals surface area contributed by atoms with Crippen molar-refractivity contribution in [2.24, 2.45) is 5.73 Å². The Balaban J connectivity index is 1.80. The van der Waals surface area contributed by atoms with E-state index >= 15 is 0 Å². The average molecular weight is 344 g/mol. The number of hydrogen-bond donors (Lipinski definition) is 3. The van der Waals surface area contributed by atoms with Gasteiger partial charge < -0.3 is 16.4 Å². The Hall–Kier alpha value is -2.53. The van der Waals surface area contributed by atoms with Crippen molar-refractivity contribution in [3.05, 3.63) is 59.1 Å². The number of amides is 3. The van der Waals surface area contributed by atoms with Crippen LogP contribution in [-0.2, 0) is 10.2 Å². The van der Waals surface area contributed by atoms with Crippen molar-refractivity contribution in [2.75, 3.05) is 10.6 Å². The minimum absolute atomic E-state index is 0.0488. The highest BCUT2D eigenvalue weighted by Crippen LogP contribution is 2.44. The monoisotopic (exact) mass is 343 g/mol. The van der Waals surface area contributed by atoms with E-state index in [0.717, 1.165) is 24.8 Å². The van der Waals surface area contributed by atoms with Crippen LogP contribution in [-0.4, -0.2) is 11.9 Å². The minimum Gasteiger partial charge on any atom is -0.351 e. The lowest BCUT2D eigenvalue weighted by Crippen LogP contribution is -2.46. The maximum Gasteiger partial charge on any atom is 0.316 e. The third kappa shape index (κ3) is 3.21. The smallest absolute Gasteiger partial charge is 0.316 e. The molecule has 1 fully saturated rings. The molecule has 124 valence electrons. The number of urea groups is 1. The van der Waals surface area contributed by atoms with Crippen molar-refractivity contribution in [3.63, 3.8) is 0 Å².